The van der Waals surface area contributed by atoms with Crippen molar-refractivity contribution < 1.29 is 0 Å². The Morgan fingerprint density at radius 3 is 0.985 bits per heavy atom. The van der Waals surface area contributed by atoms with E-state index < -0.39 is 0 Å². The summed E-state index contributed by atoms with van der Waals surface area (Å²) in [6, 6.07) is 52.4. The average Bonchev–Trinajstić information content (AvgIpc) is 3.81. The molecule has 66 heavy (non-hydrogen) atoms. The van der Waals surface area contributed by atoms with Gasteiger partial charge in [-0.3, -0.25) is 0 Å². The van der Waals surface area contributed by atoms with Gasteiger partial charge < -0.3 is 0 Å². The summed E-state index contributed by atoms with van der Waals surface area (Å²) in [6.45, 7) is 29.9. The highest BCUT2D eigenvalue weighted by Crippen LogP contribution is 2.55. The first-order valence-electron chi connectivity index (χ1n) is 22.3. The van der Waals surface area contributed by atoms with E-state index >= 15 is 0 Å². The fourth-order valence-corrected chi connectivity index (χ4v) is 11.1. The molecule has 0 spiro atoms. The van der Waals surface area contributed by atoms with Gasteiger partial charge in [0.15, 0.2) is 11.4 Å². The summed E-state index contributed by atoms with van der Waals surface area (Å²) < 4.78 is 0. The zero-order valence-electron chi connectivity index (χ0n) is 37.5. The molecule has 0 heterocycles. The molecule has 0 saturated heterocycles. The summed E-state index contributed by atoms with van der Waals surface area (Å²) in [5, 5.41) is 32.5. The SMILES string of the molecule is [C-]#[N+]c1cc(C(C)(C)C)cc(C#N)c1-c1cc2c3cc4c(cc3c(-c3c(C#N)cc(C(C)(C)C)cc3[N+]#[C-])cc2c2cc3c(cc12)-c1cccc2cccc-3c12)-c1cccc2cccc-4c12. The second-order valence-corrected chi connectivity index (χ2v) is 20.0. The van der Waals surface area contributed by atoms with E-state index in [9.17, 15) is 10.5 Å². The second-order valence-electron chi connectivity index (χ2n) is 20.0. The van der Waals surface area contributed by atoms with Gasteiger partial charge in [-0.25, -0.2) is 9.69 Å². The first kappa shape index (κ1) is 39.1. The van der Waals surface area contributed by atoms with Gasteiger partial charge in [0, 0.05) is 22.3 Å². The summed E-state index contributed by atoms with van der Waals surface area (Å²) in [4.78, 5) is 8.33. The maximum absolute atomic E-state index is 11.0. The zero-order chi connectivity index (χ0) is 45.6. The largest absolute Gasteiger partial charge is 0.237 e. The van der Waals surface area contributed by atoms with Crippen molar-refractivity contribution in [2.75, 3.05) is 0 Å². The molecule has 0 saturated carbocycles. The highest BCUT2D eigenvalue weighted by atomic mass is 14.7. The first-order valence-corrected chi connectivity index (χ1v) is 22.3. The van der Waals surface area contributed by atoms with Crippen molar-refractivity contribution in [3.05, 3.63) is 179 Å². The molecule has 12 rings (SSSR count). The summed E-state index contributed by atoms with van der Waals surface area (Å²) >= 11 is 0. The van der Waals surface area contributed by atoms with Gasteiger partial charge in [-0.1, -0.05) is 138 Å². The van der Waals surface area contributed by atoms with E-state index in [1.165, 1.54) is 21.5 Å². The van der Waals surface area contributed by atoms with E-state index in [4.69, 9.17) is 13.1 Å². The number of hydrogen-bond acceptors (Lipinski definition) is 2. The Morgan fingerprint density at radius 1 is 0.379 bits per heavy atom. The lowest BCUT2D eigenvalue weighted by atomic mass is 9.80. The predicted octanol–water partition coefficient (Wildman–Crippen LogP) is 17.5. The van der Waals surface area contributed by atoms with Crippen LogP contribution < -0.4 is 0 Å². The van der Waals surface area contributed by atoms with Crippen molar-refractivity contribution in [1.82, 2.24) is 0 Å². The maximum Gasteiger partial charge on any atom is 0.196 e. The number of rotatable bonds is 2. The third-order valence-electron chi connectivity index (χ3n) is 14.3. The van der Waals surface area contributed by atoms with Gasteiger partial charge in [0.05, 0.1) is 25.3 Å². The van der Waals surface area contributed by atoms with Crippen LogP contribution in [-0.4, -0.2) is 0 Å². The molecule has 0 fully saturated rings. The Hall–Kier alpha value is -8.54. The Labute approximate surface area is 383 Å². The Morgan fingerprint density at radius 2 is 0.682 bits per heavy atom. The number of nitrogens with zero attached hydrogens (tertiary/aromatic N) is 4. The quantitative estimate of drug-likeness (QED) is 0.129. The molecular weight excluding hydrogens is 801 g/mol. The molecule has 10 aromatic rings. The summed E-state index contributed by atoms with van der Waals surface area (Å²) in [5.41, 5.74) is 15.1. The average molecular weight is 841 g/mol. The van der Waals surface area contributed by atoms with Crippen LogP contribution in [0.15, 0.2) is 133 Å². The summed E-state index contributed by atoms with van der Waals surface area (Å²) in [7, 11) is 0. The fourth-order valence-electron chi connectivity index (χ4n) is 11.1. The van der Waals surface area contributed by atoms with Gasteiger partial charge in [-0.15, -0.1) is 0 Å². The number of benzene rings is 10. The Kier molecular flexibility index (Phi) is 7.99. The van der Waals surface area contributed by atoms with Crippen LogP contribution in [0.5, 0.6) is 0 Å². The molecule has 0 radical (unpaired) electrons. The van der Waals surface area contributed by atoms with E-state index in [-0.39, 0.29) is 10.8 Å². The lowest BCUT2D eigenvalue weighted by Gasteiger charge is -2.24. The van der Waals surface area contributed by atoms with Gasteiger partial charge >= 0.3 is 0 Å². The molecule has 2 aliphatic carbocycles. The van der Waals surface area contributed by atoms with Gasteiger partial charge in [-0.05, 0) is 169 Å². The molecule has 0 amide bonds. The van der Waals surface area contributed by atoms with Gasteiger partial charge in [0.25, 0.3) is 0 Å². The lowest BCUT2D eigenvalue weighted by Crippen LogP contribution is -2.11. The molecule has 0 unspecified atom stereocenters. The van der Waals surface area contributed by atoms with Gasteiger partial charge in [0.2, 0.25) is 0 Å². The van der Waals surface area contributed by atoms with Crippen LogP contribution in [0, 0.1) is 35.8 Å². The molecule has 4 nitrogen and oxygen atoms in total. The van der Waals surface area contributed by atoms with Crippen molar-refractivity contribution in [3.63, 3.8) is 0 Å². The molecule has 0 bridgehead atoms. The summed E-state index contributed by atoms with van der Waals surface area (Å²) in [6.07, 6.45) is 0. The van der Waals surface area contributed by atoms with Gasteiger partial charge in [-0.2, -0.15) is 10.5 Å². The minimum absolute atomic E-state index is 0.286. The van der Waals surface area contributed by atoms with Crippen LogP contribution in [0.2, 0.25) is 0 Å². The van der Waals surface area contributed by atoms with Crippen LogP contribution >= 0.6 is 0 Å². The molecule has 4 heteroatoms. The normalized spacial score (nSPS) is 12.3. The third-order valence-corrected chi connectivity index (χ3v) is 14.3. The van der Waals surface area contributed by atoms with E-state index in [0.717, 1.165) is 99.1 Å². The van der Waals surface area contributed by atoms with Crippen LogP contribution in [0.3, 0.4) is 0 Å². The van der Waals surface area contributed by atoms with E-state index in [0.29, 0.717) is 33.6 Å². The predicted molar refractivity (Wildman–Crippen MR) is 273 cm³/mol. The maximum atomic E-state index is 11.0. The standard InChI is InChI=1S/C62H40N4/c1-61(2,3)37-21-35(31-63)59(55(23-37)65-7)53-29-49-48-26-44-40-18-10-14-34-16-12-20-42(58(34)40)46(44)28-52(48)54(60-36(32-64)22-38(62(4,5)6)24-56(60)66-8)30-50(49)47-25-43-39-17-9-13-33-15-11-19-41(57(33)39)45(43)27-51(47)53/h9-30H,1-6H3. The van der Waals surface area contributed by atoms with Crippen LogP contribution in [0.1, 0.15) is 63.8 Å². The number of nitriles is 2. The lowest BCUT2D eigenvalue weighted by molar-refractivity contribution is 0.590. The highest BCUT2D eigenvalue weighted by Gasteiger charge is 2.30. The van der Waals surface area contributed by atoms with Crippen LogP contribution in [-0.2, 0) is 10.8 Å². The Bertz CT molecular complexity index is 3760. The molecule has 2 aliphatic rings. The summed E-state index contributed by atoms with van der Waals surface area (Å²) in [5.74, 6) is 0. The molecule has 0 aliphatic heterocycles. The smallest absolute Gasteiger partial charge is 0.196 e. The Balaban J connectivity index is 1.31. The molecule has 0 N–H and O–H groups in total. The van der Waals surface area contributed by atoms with E-state index in [1.54, 1.807) is 0 Å². The third kappa shape index (κ3) is 5.34. The number of fused-ring (bicyclic) bond motifs is 11. The van der Waals surface area contributed by atoms with Crippen molar-refractivity contribution in [2.24, 2.45) is 0 Å². The molecule has 0 atom stereocenters. The van der Waals surface area contributed by atoms with Crippen molar-refractivity contribution in [1.29, 1.82) is 10.5 Å². The molecule has 10 aromatic carbocycles. The highest BCUT2D eigenvalue weighted by molar-refractivity contribution is 6.29. The van der Waals surface area contributed by atoms with Crippen molar-refractivity contribution in [3.8, 4) is 78.9 Å². The first-order chi connectivity index (χ1) is 31.8. The zero-order valence-corrected chi connectivity index (χ0v) is 37.5. The fraction of sp³-hybridized carbons (Fsp3) is 0.129. The molecule has 308 valence electrons. The minimum atomic E-state index is -0.286. The van der Waals surface area contributed by atoms with Crippen LogP contribution in [0.25, 0.3) is 130 Å². The number of hydrogen-bond donors (Lipinski definition) is 0. The van der Waals surface area contributed by atoms with E-state index in [1.807, 2.05) is 24.3 Å². The second kappa shape index (κ2) is 13.5. The molecule has 0 aromatic heterocycles. The van der Waals surface area contributed by atoms with Crippen LogP contribution in [0.4, 0.5) is 11.4 Å². The van der Waals surface area contributed by atoms with Crippen molar-refractivity contribution >= 4 is 65.2 Å². The van der Waals surface area contributed by atoms with E-state index in [2.05, 4.69) is 173 Å². The topological polar surface area (TPSA) is 56.3 Å². The van der Waals surface area contributed by atoms with Crippen molar-refractivity contribution in [2.45, 2.75) is 52.4 Å². The molecular formula is C62H40N4. The monoisotopic (exact) mass is 840 g/mol. The van der Waals surface area contributed by atoms with Gasteiger partial charge in [0.1, 0.15) is 0 Å². The minimum Gasteiger partial charge on any atom is -0.237 e.